The topological polar surface area (TPSA) is 46.4 Å². The zero-order valence-corrected chi connectivity index (χ0v) is 13.4. The number of hydrogen-bond donors (Lipinski definition) is 1. The largest absolute Gasteiger partial charge is 0.349 e. The van der Waals surface area contributed by atoms with Crippen LogP contribution in [0.25, 0.3) is 16.2 Å². The lowest BCUT2D eigenvalue weighted by Crippen LogP contribution is -2.29. The number of thiazole rings is 1. The van der Waals surface area contributed by atoms with E-state index >= 15 is 0 Å². The number of carbonyl (C=O) groups excluding carboxylic acids is 1. The monoisotopic (exact) mass is 317 g/mol. The molecule has 0 aliphatic carbocycles. The maximum atomic E-state index is 13.0. The minimum absolute atomic E-state index is 0.0775. The molecule has 1 aromatic carbocycles. The fourth-order valence-electron chi connectivity index (χ4n) is 2.25. The smallest absolute Gasteiger partial charge is 0.263 e. The highest BCUT2D eigenvalue weighted by Gasteiger charge is 2.18. The van der Waals surface area contributed by atoms with Gasteiger partial charge < -0.3 is 5.32 Å². The number of halogens is 1. The summed E-state index contributed by atoms with van der Waals surface area (Å²) in [5.74, 6) is -0.347. The summed E-state index contributed by atoms with van der Waals surface area (Å²) in [7, 11) is 0. The van der Waals surface area contributed by atoms with Gasteiger partial charge in [0.05, 0.1) is 5.69 Å². The van der Waals surface area contributed by atoms with E-state index in [0.717, 1.165) is 21.9 Å². The molecule has 0 bridgehead atoms. The Balaban J connectivity index is 1.99. The highest BCUT2D eigenvalue weighted by atomic mass is 32.1. The minimum Gasteiger partial charge on any atom is -0.349 e. The molecule has 4 nitrogen and oxygen atoms in total. The summed E-state index contributed by atoms with van der Waals surface area (Å²) in [6, 6.07) is 6.32. The summed E-state index contributed by atoms with van der Waals surface area (Å²) in [6.07, 6.45) is 1.88. The molecule has 114 valence electrons. The molecule has 0 aliphatic heterocycles. The van der Waals surface area contributed by atoms with E-state index in [1.807, 2.05) is 31.4 Å². The van der Waals surface area contributed by atoms with Crippen molar-refractivity contribution in [2.24, 2.45) is 0 Å². The van der Waals surface area contributed by atoms with Gasteiger partial charge in [-0.15, -0.1) is 0 Å². The van der Waals surface area contributed by atoms with Gasteiger partial charge in [-0.25, -0.2) is 9.37 Å². The zero-order chi connectivity index (χ0) is 15.9. The Hall–Kier alpha value is -2.21. The molecule has 1 N–H and O–H groups in total. The first-order valence-corrected chi connectivity index (χ1v) is 7.82. The Labute approximate surface area is 131 Å². The predicted octanol–water partition coefficient (Wildman–Crippen LogP) is 3.65. The highest BCUT2D eigenvalue weighted by molar-refractivity contribution is 7.19. The van der Waals surface area contributed by atoms with Crippen molar-refractivity contribution in [3.05, 3.63) is 46.9 Å². The number of fused-ring (bicyclic) bond motifs is 1. The predicted molar refractivity (Wildman–Crippen MR) is 85.8 cm³/mol. The number of aromatic nitrogens is 2. The van der Waals surface area contributed by atoms with E-state index in [9.17, 15) is 9.18 Å². The Morgan fingerprint density at radius 2 is 2.00 bits per heavy atom. The lowest BCUT2D eigenvalue weighted by Gasteiger charge is -2.06. The molecule has 0 unspecified atom stereocenters. The summed E-state index contributed by atoms with van der Waals surface area (Å²) in [5.41, 5.74) is 2.48. The second-order valence-electron chi connectivity index (χ2n) is 5.43. The number of nitrogens with zero attached hydrogens (tertiary/aromatic N) is 2. The number of benzene rings is 1. The van der Waals surface area contributed by atoms with E-state index in [0.29, 0.717) is 4.88 Å². The number of nitrogens with one attached hydrogen (secondary N) is 1. The van der Waals surface area contributed by atoms with Crippen LogP contribution in [0.3, 0.4) is 0 Å². The lowest BCUT2D eigenvalue weighted by atomic mass is 10.2. The van der Waals surface area contributed by atoms with Crippen molar-refractivity contribution < 1.29 is 9.18 Å². The fraction of sp³-hybridized carbons (Fsp3) is 0.250. The first kappa shape index (κ1) is 14.7. The van der Waals surface area contributed by atoms with Crippen molar-refractivity contribution in [1.29, 1.82) is 0 Å². The molecule has 0 aliphatic rings. The zero-order valence-electron chi connectivity index (χ0n) is 12.6. The molecule has 22 heavy (non-hydrogen) atoms. The van der Waals surface area contributed by atoms with Gasteiger partial charge in [0.1, 0.15) is 10.7 Å². The van der Waals surface area contributed by atoms with Gasteiger partial charge in [0.25, 0.3) is 5.91 Å². The molecular formula is C16H16FN3OS. The number of hydrogen-bond acceptors (Lipinski definition) is 3. The van der Waals surface area contributed by atoms with Crippen LogP contribution in [0.4, 0.5) is 4.39 Å². The normalized spacial score (nSPS) is 11.3. The summed E-state index contributed by atoms with van der Waals surface area (Å²) >= 11 is 1.36. The van der Waals surface area contributed by atoms with Crippen LogP contribution in [0.2, 0.25) is 0 Å². The van der Waals surface area contributed by atoms with Crippen LogP contribution in [-0.2, 0) is 0 Å². The van der Waals surface area contributed by atoms with Crippen molar-refractivity contribution in [3.8, 4) is 11.3 Å². The van der Waals surface area contributed by atoms with Crippen LogP contribution >= 0.6 is 11.3 Å². The van der Waals surface area contributed by atoms with Crippen molar-refractivity contribution in [2.45, 2.75) is 26.8 Å². The van der Waals surface area contributed by atoms with Gasteiger partial charge in [-0.3, -0.25) is 9.20 Å². The third-order valence-corrected chi connectivity index (χ3v) is 4.48. The summed E-state index contributed by atoms with van der Waals surface area (Å²) in [4.78, 5) is 18.1. The molecule has 0 saturated heterocycles. The number of aryl methyl sites for hydroxylation is 1. The van der Waals surface area contributed by atoms with Crippen LogP contribution in [0, 0.1) is 12.7 Å². The van der Waals surface area contributed by atoms with Crippen molar-refractivity contribution in [3.63, 3.8) is 0 Å². The molecular weight excluding hydrogens is 301 g/mol. The molecule has 6 heteroatoms. The van der Waals surface area contributed by atoms with Gasteiger partial charge in [0, 0.05) is 23.5 Å². The van der Waals surface area contributed by atoms with Crippen LogP contribution in [0.15, 0.2) is 30.5 Å². The molecule has 0 saturated carbocycles. The van der Waals surface area contributed by atoms with Gasteiger partial charge in [-0.05, 0) is 45.0 Å². The SMILES string of the molecule is Cc1c(C(=O)NC(C)C)sc2nc(-c3ccc(F)cc3)cn12. The van der Waals surface area contributed by atoms with Crippen LogP contribution in [-0.4, -0.2) is 21.3 Å². The first-order valence-electron chi connectivity index (χ1n) is 7.01. The number of amides is 1. The molecule has 3 rings (SSSR count). The Kier molecular flexibility index (Phi) is 3.70. The van der Waals surface area contributed by atoms with Crippen LogP contribution in [0.1, 0.15) is 29.2 Å². The molecule has 2 heterocycles. The number of imidazole rings is 1. The Bertz CT molecular complexity index is 833. The van der Waals surface area contributed by atoms with Crippen molar-refractivity contribution >= 4 is 22.2 Å². The molecule has 3 aromatic rings. The van der Waals surface area contributed by atoms with Crippen molar-refractivity contribution in [1.82, 2.24) is 14.7 Å². The second-order valence-corrected chi connectivity index (χ2v) is 6.41. The minimum atomic E-state index is -0.270. The Morgan fingerprint density at radius 3 is 2.59 bits per heavy atom. The highest BCUT2D eigenvalue weighted by Crippen LogP contribution is 2.27. The van der Waals surface area contributed by atoms with Crippen LogP contribution in [0.5, 0.6) is 0 Å². The van der Waals surface area contributed by atoms with E-state index in [4.69, 9.17) is 0 Å². The number of carbonyl (C=O) groups is 1. The van der Waals surface area contributed by atoms with E-state index < -0.39 is 0 Å². The van der Waals surface area contributed by atoms with E-state index in [-0.39, 0.29) is 17.8 Å². The van der Waals surface area contributed by atoms with E-state index in [2.05, 4.69) is 10.3 Å². The lowest BCUT2D eigenvalue weighted by molar-refractivity contribution is 0.0946. The molecule has 0 spiro atoms. The molecule has 0 fully saturated rings. The molecule has 2 aromatic heterocycles. The van der Waals surface area contributed by atoms with Crippen LogP contribution < -0.4 is 5.32 Å². The van der Waals surface area contributed by atoms with Crippen molar-refractivity contribution in [2.75, 3.05) is 0 Å². The molecule has 0 atom stereocenters. The van der Waals surface area contributed by atoms with Gasteiger partial charge in [0.15, 0.2) is 4.96 Å². The standard InChI is InChI=1S/C16H16FN3OS/c1-9(2)18-15(21)14-10(3)20-8-13(19-16(20)22-14)11-4-6-12(17)7-5-11/h4-9H,1-3H3,(H,18,21). The third kappa shape index (κ3) is 2.62. The Morgan fingerprint density at radius 1 is 1.32 bits per heavy atom. The van der Waals surface area contributed by atoms with E-state index in [1.54, 1.807) is 12.1 Å². The maximum absolute atomic E-state index is 13.0. The average Bonchev–Trinajstić information content (AvgIpc) is 2.99. The van der Waals surface area contributed by atoms with Gasteiger partial charge in [-0.1, -0.05) is 11.3 Å². The second kappa shape index (κ2) is 5.53. The van der Waals surface area contributed by atoms with Gasteiger partial charge in [-0.2, -0.15) is 0 Å². The maximum Gasteiger partial charge on any atom is 0.263 e. The third-order valence-electron chi connectivity index (χ3n) is 3.32. The fourth-order valence-corrected chi connectivity index (χ4v) is 3.26. The van der Waals surface area contributed by atoms with E-state index in [1.165, 1.54) is 23.5 Å². The first-order chi connectivity index (χ1) is 10.5. The quantitative estimate of drug-likeness (QED) is 0.801. The average molecular weight is 317 g/mol. The summed E-state index contributed by atoms with van der Waals surface area (Å²) in [5, 5.41) is 2.89. The molecule has 0 radical (unpaired) electrons. The summed E-state index contributed by atoms with van der Waals surface area (Å²) < 4.78 is 14.9. The van der Waals surface area contributed by atoms with Gasteiger partial charge in [0.2, 0.25) is 0 Å². The summed E-state index contributed by atoms with van der Waals surface area (Å²) in [6.45, 7) is 5.76. The van der Waals surface area contributed by atoms with Gasteiger partial charge >= 0.3 is 0 Å². The number of rotatable bonds is 3. The molecule has 1 amide bonds.